The van der Waals surface area contributed by atoms with Crippen LogP contribution in [0.2, 0.25) is 0 Å². The van der Waals surface area contributed by atoms with Crippen LogP contribution >= 0.6 is 11.8 Å². The zero-order valence-corrected chi connectivity index (χ0v) is 17.2. The Morgan fingerprint density at radius 1 is 1.41 bits per heavy atom. The fraction of sp³-hybridized carbons (Fsp3) is 0.400. The van der Waals surface area contributed by atoms with E-state index >= 15 is 0 Å². The second-order valence-electron chi connectivity index (χ2n) is 7.15. The molecule has 0 aliphatic carbocycles. The molecular formula is C20H23N5O3S. The van der Waals surface area contributed by atoms with Gasteiger partial charge in [-0.1, -0.05) is 23.9 Å². The van der Waals surface area contributed by atoms with Gasteiger partial charge in [0.15, 0.2) is 5.17 Å². The molecule has 4 rings (SSSR count). The van der Waals surface area contributed by atoms with Crippen LogP contribution in [0.1, 0.15) is 29.8 Å². The van der Waals surface area contributed by atoms with Crippen molar-refractivity contribution in [2.24, 2.45) is 10.1 Å². The number of aryl methyl sites for hydroxylation is 1. The molecule has 2 aliphatic heterocycles. The highest BCUT2D eigenvalue weighted by Gasteiger charge is 2.22. The summed E-state index contributed by atoms with van der Waals surface area (Å²) in [6.07, 6.45) is 2.52. The first kappa shape index (κ1) is 19.7. The predicted octanol–water partition coefficient (Wildman–Crippen LogP) is 3.92. The predicted molar refractivity (Wildman–Crippen MR) is 115 cm³/mol. The highest BCUT2D eigenvalue weighted by Crippen LogP contribution is 2.29. The molecule has 1 N–H and O–H groups in total. The molecule has 0 radical (unpaired) electrons. The van der Waals surface area contributed by atoms with Gasteiger partial charge < -0.3 is 9.30 Å². The average Bonchev–Trinajstić information content (AvgIpc) is 3.33. The first-order valence-corrected chi connectivity index (χ1v) is 10.6. The summed E-state index contributed by atoms with van der Waals surface area (Å²) in [4.78, 5) is 15.1. The van der Waals surface area contributed by atoms with E-state index in [1.54, 1.807) is 18.2 Å². The lowest BCUT2D eigenvalue weighted by atomic mass is 10.1. The van der Waals surface area contributed by atoms with E-state index in [0.717, 1.165) is 37.3 Å². The number of nitrogens with one attached hydrogen (secondary N) is 1. The lowest BCUT2D eigenvalue weighted by molar-refractivity contribution is -0.384. The number of nitrogens with zero attached hydrogens (tertiary/aromatic N) is 4. The standard InChI is InChI=1S/C20H23N5O3S/c1-13-10-16(14(2)24(13)11-15-6-5-9-28-15)18-12-29-20(23-22-18)21-17-7-3-4-8-19(17)25(26)27/h3-4,7-8,10,15H,5-6,9,11-12H2,1-2H3,(H,21,23)/t15-/m1/s1. The largest absolute Gasteiger partial charge is 0.376 e. The summed E-state index contributed by atoms with van der Waals surface area (Å²) in [7, 11) is 0. The Morgan fingerprint density at radius 2 is 2.24 bits per heavy atom. The first-order chi connectivity index (χ1) is 14.0. The number of hydrazone groups is 1. The number of hydrogen-bond acceptors (Lipinski definition) is 6. The molecule has 0 amide bonds. The van der Waals surface area contributed by atoms with Gasteiger partial charge in [0.2, 0.25) is 0 Å². The number of hydrogen-bond donors (Lipinski definition) is 1. The molecule has 1 saturated heterocycles. The quantitative estimate of drug-likeness (QED) is 0.592. The number of rotatable bonds is 5. The second-order valence-corrected chi connectivity index (χ2v) is 8.12. The summed E-state index contributed by atoms with van der Waals surface area (Å²) in [5.74, 6) is 0.649. The lowest BCUT2D eigenvalue weighted by Crippen LogP contribution is -2.25. The van der Waals surface area contributed by atoms with E-state index in [-0.39, 0.29) is 11.8 Å². The van der Waals surface area contributed by atoms with E-state index in [9.17, 15) is 10.1 Å². The SMILES string of the molecule is Cc1cc(C2=NNC(=Nc3ccccc3[N+](=O)[O-])SC2)c(C)n1C[C@H]1CCCO1. The van der Waals surface area contributed by atoms with Gasteiger partial charge in [0.25, 0.3) is 5.69 Å². The van der Waals surface area contributed by atoms with E-state index in [0.29, 0.717) is 16.6 Å². The van der Waals surface area contributed by atoms with Gasteiger partial charge in [-0.15, -0.1) is 0 Å². The molecule has 1 aromatic carbocycles. The maximum atomic E-state index is 11.2. The molecule has 0 unspecified atom stereocenters. The van der Waals surface area contributed by atoms with Crippen molar-refractivity contribution in [3.8, 4) is 0 Å². The Bertz CT molecular complexity index is 992. The summed E-state index contributed by atoms with van der Waals surface area (Å²) in [6, 6.07) is 8.61. The van der Waals surface area contributed by atoms with E-state index < -0.39 is 4.92 Å². The molecule has 1 aromatic heterocycles. The van der Waals surface area contributed by atoms with Gasteiger partial charge in [-0.05, 0) is 38.8 Å². The van der Waals surface area contributed by atoms with Crippen LogP contribution in [0.4, 0.5) is 11.4 Å². The highest BCUT2D eigenvalue weighted by molar-refractivity contribution is 8.14. The number of aromatic nitrogens is 1. The van der Waals surface area contributed by atoms with Crippen molar-refractivity contribution in [2.45, 2.75) is 39.3 Å². The van der Waals surface area contributed by atoms with E-state index in [4.69, 9.17) is 4.74 Å². The van der Waals surface area contributed by atoms with Gasteiger partial charge >= 0.3 is 0 Å². The molecule has 1 atom stereocenters. The van der Waals surface area contributed by atoms with Gasteiger partial charge in [0.05, 0.1) is 16.7 Å². The third-order valence-electron chi connectivity index (χ3n) is 5.23. The van der Waals surface area contributed by atoms with Crippen molar-refractivity contribution in [2.75, 3.05) is 12.4 Å². The Labute approximate surface area is 173 Å². The summed E-state index contributed by atoms with van der Waals surface area (Å²) in [5.41, 5.74) is 7.69. The minimum atomic E-state index is -0.426. The first-order valence-electron chi connectivity index (χ1n) is 9.59. The Morgan fingerprint density at radius 3 is 2.93 bits per heavy atom. The number of para-hydroxylation sites is 2. The number of nitro groups is 1. The number of thioether (sulfide) groups is 1. The third kappa shape index (κ3) is 4.20. The molecule has 1 fully saturated rings. The number of amidine groups is 1. The minimum Gasteiger partial charge on any atom is -0.376 e. The summed E-state index contributed by atoms with van der Waals surface area (Å²) >= 11 is 1.49. The van der Waals surface area contributed by atoms with Crippen molar-refractivity contribution >= 4 is 34.0 Å². The minimum absolute atomic E-state index is 0.0187. The van der Waals surface area contributed by atoms with Crippen LogP contribution in [-0.4, -0.2) is 38.8 Å². The van der Waals surface area contributed by atoms with Crippen molar-refractivity contribution in [3.63, 3.8) is 0 Å². The Hall–Kier alpha value is -2.65. The zero-order chi connectivity index (χ0) is 20.4. The smallest absolute Gasteiger partial charge is 0.294 e. The average molecular weight is 414 g/mol. The molecule has 152 valence electrons. The normalized spacial score (nSPS) is 20.6. The summed E-state index contributed by atoms with van der Waals surface area (Å²) < 4.78 is 8.09. The fourth-order valence-electron chi connectivity index (χ4n) is 3.70. The van der Waals surface area contributed by atoms with E-state index in [2.05, 4.69) is 40.0 Å². The number of aliphatic imine (C=N–C) groups is 1. The van der Waals surface area contributed by atoms with Crippen LogP contribution in [0, 0.1) is 24.0 Å². The molecular weight excluding hydrogens is 390 g/mol. The molecule has 8 nitrogen and oxygen atoms in total. The van der Waals surface area contributed by atoms with Gasteiger partial charge in [-0.25, -0.2) is 4.99 Å². The lowest BCUT2D eigenvalue weighted by Gasteiger charge is -2.17. The van der Waals surface area contributed by atoms with Gasteiger partial charge in [0, 0.05) is 41.9 Å². The monoisotopic (exact) mass is 413 g/mol. The Balaban J connectivity index is 1.53. The van der Waals surface area contributed by atoms with Crippen LogP contribution in [0.5, 0.6) is 0 Å². The van der Waals surface area contributed by atoms with Crippen molar-refractivity contribution < 1.29 is 9.66 Å². The van der Waals surface area contributed by atoms with Gasteiger partial charge in [-0.3, -0.25) is 15.5 Å². The van der Waals surface area contributed by atoms with E-state index in [1.807, 2.05) is 0 Å². The maximum absolute atomic E-state index is 11.2. The van der Waals surface area contributed by atoms with Crippen LogP contribution in [-0.2, 0) is 11.3 Å². The molecule has 0 bridgehead atoms. The van der Waals surface area contributed by atoms with Crippen molar-refractivity contribution in [3.05, 3.63) is 57.4 Å². The molecule has 0 spiro atoms. The van der Waals surface area contributed by atoms with Crippen molar-refractivity contribution in [1.29, 1.82) is 0 Å². The maximum Gasteiger partial charge on any atom is 0.294 e. The molecule has 9 heteroatoms. The number of benzene rings is 1. The van der Waals surface area contributed by atoms with Crippen LogP contribution in [0.3, 0.4) is 0 Å². The fourth-order valence-corrected chi connectivity index (χ4v) is 4.47. The number of ether oxygens (including phenoxy) is 1. The van der Waals surface area contributed by atoms with Gasteiger partial charge in [0.1, 0.15) is 5.69 Å². The molecule has 3 heterocycles. The third-order valence-corrected chi connectivity index (χ3v) is 6.10. The zero-order valence-electron chi connectivity index (χ0n) is 16.4. The van der Waals surface area contributed by atoms with E-state index in [1.165, 1.54) is 29.2 Å². The summed E-state index contributed by atoms with van der Waals surface area (Å²) in [5, 5.41) is 16.2. The molecule has 2 aromatic rings. The highest BCUT2D eigenvalue weighted by atomic mass is 32.2. The van der Waals surface area contributed by atoms with Crippen molar-refractivity contribution in [1.82, 2.24) is 9.99 Å². The molecule has 0 saturated carbocycles. The van der Waals surface area contributed by atoms with Crippen LogP contribution in [0.15, 0.2) is 40.4 Å². The van der Waals surface area contributed by atoms with Crippen LogP contribution in [0.25, 0.3) is 0 Å². The molecule has 29 heavy (non-hydrogen) atoms. The summed E-state index contributed by atoms with van der Waals surface area (Å²) in [6.45, 7) is 5.94. The molecule has 2 aliphatic rings. The van der Waals surface area contributed by atoms with Gasteiger partial charge in [-0.2, -0.15) is 5.10 Å². The second kappa shape index (κ2) is 8.38. The topological polar surface area (TPSA) is 94.0 Å². The number of nitro benzene ring substituents is 1. The van der Waals surface area contributed by atoms with Crippen LogP contribution < -0.4 is 5.43 Å². The Kier molecular flexibility index (Phi) is 5.68.